The molecule has 0 aliphatic carbocycles. The second kappa shape index (κ2) is 7.87. The summed E-state index contributed by atoms with van der Waals surface area (Å²) in [6.07, 6.45) is 1.30. The normalized spacial score (nSPS) is 10.5. The molecule has 0 bridgehead atoms. The summed E-state index contributed by atoms with van der Waals surface area (Å²) in [5.74, 6) is 0.0500. The molecule has 0 saturated carbocycles. The van der Waals surface area contributed by atoms with Crippen molar-refractivity contribution in [2.45, 2.75) is 0 Å². The number of phenols is 1. The van der Waals surface area contributed by atoms with Gasteiger partial charge in [0.05, 0.1) is 27.5 Å². The quantitative estimate of drug-likeness (QED) is 0.497. The summed E-state index contributed by atoms with van der Waals surface area (Å²) >= 11 is 0. The van der Waals surface area contributed by atoms with E-state index in [1.807, 2.05) is 0 Å². The lowest BCUT2D eigenvalue weighted by Crippen LogP contribution is -2.03. The fourth-order valence-corrected chi connectivity index (χ4v) is 1.99. The van der Waals surface area contributed by atoms with Gasteiger partial charge in [-0.1, -0.05) is 17.3 Å². The molecule has 2 aromatic rings. The average molecular weight is 331 g/mol. The van der Waals surface area contributed by atoms with Gasteiger partial charge >= 0.3 is 5.97 Å². The average Bonchev–Trinajstić information content (AvgIpc) is 2.62. The van der Waals surface area contributed by atoms with E-state index in [0.717, 1.165) is 0 Å². The molecule has 0 amide bonds. The first kappa shape index (κ1) is 17.1. The molecule has 0 unspecified atom stereocenters. The van der Waals surface area contributed by atoms with Gasteiger partial charge in [0.2, 0.25) is 5.75 Å². The van der Waals surface area contributed by atoms with Crippen molar-refractivity contribution in [2.75, 3.05) is 21.3 Å². The van der Waals surface area contributed by atoms with Gasteiger partial charge in [-0.3, -0.25) is 0 Å². The second-order valence-corrected chi connectivity index (χ2v) is 4.59. The van der Waals surface area contributed by atoms with Gasteiger partial charge in [-0.15, -0.1) is 0 Å². The number of carbonyl (C=O) groups excluding carboxylic acids is 1. The second-order valence-electron chi connectivity index (χ2n) is 4.59. The number of aromatic hydroxyl groups is 1. The molecule has 7 heteroatoms. The van der Waals surface area contributed by atoms with E-state index in [9.17, 15) is 9.90 Å². The Balaban J connectivity index is 2.15. The molecule has 126 valence electrons. The van der Waals surface area contributed by atoms with Crippen LogP contribution in [0, 0.1) is 0 Å². The number of hydrogen-bond acceptors (Lipinski definition) is 7. The van der Waals surface area contributed by atoms with Gasteiger partial charge in [0.1, 0.15) is 11.3 Å². The van der Waals surface area contributed by atoms with E-state index < -0.39 is 5.97 Å². The molecule has 7 nitrogen and oxygen atoms in total. The lowest BCUT2D eigenvalue weighted by Gasteiger charge is -2.09. The minimum atomic E-state index is -0.651. The van der Waals surface area contributed by atoms with Crippen molar-refractivity contribution in [2.24, 2.45) is 5.16 Å². The first-order valence-electron chi connectivity index (χ1n) is 6.93. The van der Waals surface area contributed by atoms with Crippen LogP contribution in [0.3, 0.4) is 0 Å². The smallest absolute Gasteiger partial charge is 0.369 e. The molecule has 2 aromatic carbocycles. The largest absolute Gasteiger partial charge is 0.502 e. The number of oxime groups is 1. The zero-order valence-corrected chi connectivity index (χ0v) is 13.5. The van der Waals surface area contributed by atoms with Crippen molar-refractivity contribution in [1.29, 1.82) is 0 Å². The van der Waals surface area contributed by atoms with Gasteiger partial charge in [0, 0.05) is 5.56 Å². The third kappa shape index (κ3) is 3.75. The fourth-order valence-electron chi connectivity index (χ4n) is 1.99. The van der Waals surface area contributed by atoms with E-state index in [2.05, 4.69) is 5.16 Å². The molecule has 0 aromatic heterocycles. The number of rotatable bonds is 6. The van der Waals surface area contributed by atoms with Crippen molar-refractivity contribution in [3.8, 4) is 23.0 Å². The van der Waals surface area contributed by atoms with E-state index >= 15 is 0 Å². The van der Waals surface area contributed by atoms with Crippen LogP contribution in [0.1, 0.15) is 15.9 Å². The lowest BCUT2D eigenvalue weighted by molar-refractivity contribution is 0.0515. The van der Waals surface area contributed by atoms with Crippen LogP contribution in [-0.4, -0.2) is 38.6 Å². The van der Waals surface area contributed by atoms with Crippen molar-refractivity contribution < 1.29 is 28.9 Å². The van der Waals surface area contributed by atoms with E-state index in [1.165, 1.54) is 39.7 Å². The lowest BCUT2D eigenvalue weighted by atomic mass is 10.2. The molecule has 0 saturated heterocycles. The van der Waals surface area contributed by atoms with Gasteiger partial charge in [0.25, 0.3) is 0 Å². The fraction of sp³-hybridized carbons (Fsp3) is 0.176. The first-order chi connectivity index (χ1) is 11.6. The molecule has 0 heterocycles. The summed E-state index contributed by atoms with van der Waals surface area (Å²) in [7, 11) is 4.29. The summed E-state index contributed by atoms with van der Waals surface area (Å²) in [5.41, 5.74) is 0.785. The minimum absolute atomic E-state index is 0.122. The zero-order chi connectivity index (χ0) is 17.5. The monoisotopic (exact) mass is 331 g/mol. The Morgan fingerprint density at radius 2 is 1.58 bits per heavy atom. The van der Waals surface area contributed by atoms with Crippen LogP contribution in [-0.2, 0) is 4.84 Å². The number of phenolic OH excluding ortho intramolecular Hbond substituents is 1. The van der Waals surface area contributed by atoms with Gasteiger partial charge in [0.15, 0.2) is 11.5 Å². The van der Waals surface area contributed by atoms with E-state index in [1.54, 1.807) is 24.3 Å². The van der Waals surface area contributed by atoms with Gasteiger partial charge in [-0.25, -0.2) is 4.79 Å². The summed E-state index contributed by atoms with van der Waals surface area (Å²) in [6, 6.07) is 9.71. The van der Waals surface area contributed by atoms with Crippen LogP contribution in [0.4, 0.5) is 0 Å². The van der Waals surface area contributed by atoms with Gasteiger partial charge < -0.3 is 24.2 Å². The van der Waals surface area contributed by atoms with Crippen LogP contribution < -0.4 is 14.2 Å². The summed E-state index contributed by atoms with van der Waals surface area (Å²) in [6.45, 7) is 0. The highest BCUT2D eigenvalue weighted by Crippen LogP contribution is 2.36. The van der Waals surface area contributed by atoms with Gasteiger partial charge in [-0.05, 0) is 24.3 Å². The number of nitrogens with zero attached hydrogens (tertiary/aromatic N) is 1. The molecule has 0 fully saturated rings. The molecule has 0 aliphatic heterocycles. The van der Waals surface area contributed by atoms with E-state index in [0.29, 0.717) is 11.3 Å². The highest BCUT2D eigenvalue weighted by atomic mass is 16.7. The predicted octanol–water partition coefficient (Wildman–Crippen LogP) is 2.61. The van der Waals surface area contributed by atoms with Crippen LogP contribution in [0.2, 0.25) is 0 Å². The Bertz CT molecular complexity index is 731. The molecule has 0 atom stereocenters. The highest BCUT2D eigenvalue weighted by molar-refractivity contribution is 5.93. The molecule has 0 spiro atoms. The summed E-state index contributed by atoms with van der Waals surface area (Å²) in [5, 5.41) is 13.5. The van der Waals surface area contributed by atoms with Crippen molar-refractivity contribution >= 4 is 12.2 Å². The first-order valence-corrected chi connectivity index (χ1v) is 6.93. The highest BCUT2D eigenvalue weighted by Gasteiger charge is 2.13. The third-order valence-corrected chi connectivity index (χ3v) is 3.17. The molecular formula is C17H17NO6. The molecule has 2 rings (SSSR count). The van der Waals surface area contributed by atoms with Crippen LogP contribution >= 0.6 is 0 Å². The Morgan fingerprint density at radius 3 is 2.17 bits per heavy atom. The van der Waals surface area contributed by atoms with Crippen molar-refractivity contribution in [1.82, 2.24) is 0 Å². The number of benzene rings is 2. The van der Waals surface area contributed by atoms with Crippen LogP contribution in [0.5, 0.6) is 23.0 Å². The molecular weight excluding hydrogens is 314 g/mol. The van der Waals surface area contributed by atoms with Crippen LogP contribution in [0.15, 0.2) is 41.6 Å². The Hall–Kier alpha value is -3.22. The summed E-state index contributed by atoms with van der Waals surface area (Å²) < 4.78 is 15.2. The van der Waals surface area contributed by atoms with E-state index in [-0.39, 0.29) is 22.8 Å². The van der Waals surface area contributed by atoms with Gasteiger partial charge in [-0.2, -0.15) is 0 Å². The SMILES string of the molecule is COc1ccccc1C(=O)O/N=C/c1cc(OC)c(O)c(OC)c1. The predicted molar refractivity (Wildman–Crippen MR) is 87.2 cm³/mol. The summed E-state index contributed by atoms with van der Waals surface area (Å²) in [4.78, 5) is 16.9. The maximum atomic E-state index is 12.0. The topological polar surface area (TPSA) is 86.6 Å². The maximum Gasteiger partial charge on any atom is 0.369 e. The maximum absolute atomic E-state index is 12.0. The molecule has 1 N–H and O–H groups in total. The minimum Gasteiger partial charge on any atom is -0.502 e. The zero-order valence-electron chi connectivity index (χ0n) is 13.5. The number of hydrogen-bond donors (Lipinski definition) is 1. The van der Waals surface area contributed by atoms with Crippen molar-refractivity contribution in [3.63, 3.8) is 0 Å². The number of carbonyl (C=O) groups is 1. The number of methoxy groups -OCH3 is 3. The van der Waals surface area contributed by atoms with Crippen LogP contribution in [0.25, 0.3) is 0 Å². The molecule has 0 radical (unpaired) electrons. The van der Waals surface area contributed by atoms with E-state index in [4.69, 9.17) is 19.0 Å². The molecule has 0 aliphatic rings. The third-order valence-electron chi connectivity index (χ3n) is 3.17. The Labute approximate surface area is 139 Å². The Morgan fingerprint density at radius 1 is 1.00 bits per heavy atom. The number of para-hydroxylation sites is 1. The standard InChI is InChI=1S/C17H17NO6/c1-21-13-7-5-4-6-12(13)17(20)24-18-10-11-8-14(22-2)16(19)15(9-11)23-3/h4-10,19H,1-3H3/b18-10+. The van der Waals surface area contributed by atoms with Crippen molar-refractivity contribution in [3.05, 3.63) is 47.5 Å². The Kier molecular flexibility index (Phi) is 5.62. The number of ether oxygens (including phenoxy) is 3. The molecule has 24 heavy (non-hydrogen) atoms.